The van der Waals surface area contributed by atoms with Gasteiger partial charge in [0.25, 0.3) is 0 Å². The SMILES string of the molecule is C=C1C(=O)O[C@@H]2C1[C@H](OC(=O)C(C)C)C(=O)C(C)C[C@H](O)CC(C)(O)C2OC(=O)/C(C)=C\C. The van der Waals surface area contributed by atoms with Gasteiger partial charge in [-0.2, -0.15) is 0 Å². The third-order valence-electron chi connectivity index (χ3n) is 6.24. The average Bonchev–Trinajstić information content (AvgIpc) is 3.01. The summed E-state index contributed by atoms with van der Waals surface area (Å²) in [5.41, 5.74) is -1.72. The molecule has 2 aliphatic rings. The molecule has 33 heavy (non-hydrogen) atoms. The number of fused-ring (bicyclic) bond motifs is 1. The Morgan fingerprint density at radius 3 is 2.42 bits per heavy atom. The quantitative estimate of drug-likeness (QED) is 0.360. The van der Waals surface area contributed by atoms with E-state index in [-0.39, 0.29) is 24.0 Å². The number of carbonyl (C=O) groups excluding carboxylic acids is 4. The number of ether oxygens (including phenoxy) is 3. The number of hydrogen-bond donors (Lipinski definition) is 2. The Kier molecular flexibility index (Phi) is 8.24. The molecule has 0 amide bonds. The first-order valence-corrected chi connectivity index (χ1v) is 11.1. The van der Waals surface area contributed by atoms with Crippen LogP contribution < -0.4 is 0 Å². The minimum absolute atomic E-state index is 0.0298. The fraction of sp³-hybridized carbons (Fsp3) is 0.667. The molecule has 0 aromatic rings. The zero-order valence-corrected chi connectivity index (χ0v) is 20.0. The van der Waals surface area contributed by atoms with Crippen LogP contribution in [0.3, 0.4) is 0 Å². The molecule has 1 heterocycles. The van der Waals surface area contributed by atoms with Gasteiger partial charge in [0, 0.05) is 23.5 Å². The van der Waals surface area contributed by atoms with Crippen molar-refractivity contribution < 1.29 is 43.6 Å². The molecule has 0 aromatic heterocycles. The molecule has 9 nitrogen and oxygen atoms in total. The first kappa shape index (κ1) is 26.7. The Bertz CT molecular complexity index is 854. The van der Waals surface area contributed by atoms with E-state index >= 15 is 0 Å². The number of aliphatic hydroxyl groups excluding tert-OH is 1. The number of hydrogen-bond acceptors (Lipinski definition) is 9. The molecule has 7 atom stereocenters. The molecule has 0 radical (unpaired) electrons. The smallest absolute Gasteiger partial charge is 0.334 e. The predicted octanol–water partition coefficient (Wildman–Crippen LogP) is 1.64. The van der Waals surface area contributed by atoms with Crippen molar-refractivity contribution in [3.63, 3.8) is 0 Å². The normalized spacial score (nSPS) is 35.7. The van der Waals surface area contributed by atoms with Crippen LogP contribution in [0.15, 0.2) is 23.8 Å². The standard InChI is InChI=1S/C24H34O9/c1-8-12(4)22(28)33-20-19-16(14(6)23(29)32-19)18(31-21(27)11(2)3)17(26)13(5)9-15(25)10-24(20,7)30/h8,11,13,15-16,18-20,25,30H,6,9-10H2,1-5,7H3/b12-8-/t13?,15-,16?,18-,19+,20?,24?/m0/s1. The van der Waals surface area contributed by atoms with E-state index in [1.54, 1.807) is 27.7 Å². The van der Waals surface area contributed by atoms with Gasteiger partial charge in [0.15, 0.2) is 24.1 Å². The summed E-state index contributed by atoms with van der Waals surface area (Å²) >= 11 is 0. The first-order valence-electron chi connectivity index (χ1n) is 11.1. The van der Waals surface area contributed by atoms with E-state index in [1.807, 2.05) is 0 Å². The number of aliphatic hydroxyl groups is 2. The monoisotopic (exact) mass is 466 g/mol. The van der Waals surface area contributed by atoms with Crippen LogP contribution in [0.4, 0.5) is 0 Å². The van der Waals surface area contributed by atoms with Crippen LogP contribution in [0.5, 0.6) is 0 Å². The first-order chi connectivity index (χ1) is 15.2. The van der Waals surface area contributed by atoms with Crippen LogP contribution in [0.2, 0.25) is 0 Å². The summed E-state index contributed by atoms with van der Waals surface area (Å²) in [5, 5.41) is 21.9. The number of ketones is 1. The Balaban J connectivity index is 2.65. The number of allylic oxidation sites excluding steroid dienone is 1. The van der Waals surface area contributed by atoms with Crippen LogP contribution in [-0.2, 0) is 33.4 Å². The van der Waals surface area contributed by atoms with E-state index in [2.05, 4.69) is 6.58 Å². The Morgan fingerprint density at radius 1 is 1.27 bits per heavy atom. The Morgan fingerprint density at radius 2 is 1.88 bits per heavy atom. The lowest BCUT2D eigenvalue weighted by atomic mass is 9.75. The zero-order chi connectivity index (χ0) is 25.2. The summed E-state index contributed by atoms with van der Waals surface area (Å²) in [6.45, 7) is 13.0. The van der Waals surface area contributed by atoms with E-state index in [1.165, 1.54) is 19.9 Å². The molecule has 9 heteroatoms. The maximum absolute atomic E-state index is 13.3. The minimum atomic E-state index is -1.84. The van der Waals surface area contributed by atoms with E-state index in [0.29, 0.717) is 0 Å². The maximum Gasteiger partial charge on any atom is 0.334 e. The molecule has 0 spiro atoms. The third-order valence-corrected chi connectivity index (χ3v) is 6.24. The molecule has 2 rings (SSSR count). The van der Waals surface area contributed by atoms with Gasteiger partial charge < -0.3 is 24.4 Å². The van der Waals surface area contributed by atoms with Gasteiger partial charge in [0.1, 0.15) is 5.60 Å². The molecule has 0 bridgehead atoms. The van der Waals surface area contributed by atoms with Crippen molar-refractivity contribution in [2.45, 2.75) is 84.4 Å². The Labute approximate surface area is 193 Å². The Hall–Kier alpha value is -2.52. The maximum atomic E-state index is 13.3. The van der Waals surface area contributed by atoms with E-state index in [0.717, 1.165) is 0 Å². The predicted molar refractivity (Wildman–Crippen MR) is 117 cm³/mol. The highest BCUT2D eigenvalue weighted by Crippen LogP contribution is 2.41. The fourth-order valence-electron chi connectivity index (χ4n) is 4.14. The van der Waals surface area contributed by atoms with Gasteiger partial charge in [-0.15, -0.1) is 0 Å². The van der Waals surface area contributed by atoms with Crippen molar-refractivity contribution in [1.82, 2.24) is 0 Å². The van der Waals surface area contributed by atoms with Crippen molar-refractivity contribution >= 4 is 23.7 Å². The van der Waals surface area contributed by atoms with Gasteiger partial charge >= 0.3 is 17.9 Å². The number of Topliss-reactive ketones (excluding diaryl/α,β-unsaturated/α-hetero) is 1. The molecule has 184 valence electrons. The summed E-state index contributed by atoms with van der Waals surface area (Å²) in [7, 11) is 0. The molecule has 2 fully saturated rings. The van der Waals surface area contributed by atoms with Gasteiger partial charge in [0.05, 0.1) is 17.9 Å². The van der Waals surface area contributed by atoms with Crippen LogP contribution >= 0.6 is 0 Å². The van der Waals surface area contributed by atoms with Gasteiger partial charge in [0.2, 0.25) is 0 Å². The molecule has 1 saturated heterocycles. The second-order valence-electron chi connectivity index (χ2n) is 9.48. The fourth-order valence-corrected chi connectivity index (χ4v) is 4.14. The molecular formula is C24H34O9. The van der Waals surface area contributed by atoms with Crippen LogP contribution in [0, 0.1) is 17.8 Å². The van der Waals surface area contributed by atoms with Crippen molar-refractivity contribution in [3.8, 4) is 0 Å². The second kappa shape index (κ2) is 10.2. The molecule has 4 unspecified atom stereocenters. The van der Waals surface area contributed by atoms with Crippen molar-refractivity contribution in [2.24, 2.45) is 17.8 Å². The minimum Gasteiger partial charge on any atom is -0.454 e. The average molecular weight is 467 g/mol. The van der Waals surface area contributed by atoms with Crippen molar-refractivity contribution in [1.29, 1.82) is 0 Å². The molecule has 1 saturated carbocycles. The zero-order valence-electron chi connectivity index (χ0n) is 20.0. The highest BCUT2D eigenvalue weighted by Gasteiger charge is 2.57. The summed E-state index contributed by atoms with van der Waals surface area (Å²) < 4.78 is 16.5. The highest BCUT2D eigenvalue weighted by atomic mass is 16.6. The summed E-state index contributed by atoms with van der Waals surface area (Å²) in [6, 6.07) is 0. The summed E-state index contributed by atoms with van der Waals surface area (Å²) in [5.74, 6) is -5.31. The lowest BCUT2D eigenvalue weighted by Gasteiger charge is -2.41. The summed E-state index contributed by atoms with van der Waals surface area (Å²) in [6.07, 6.45) is -4.20. The van der Waals surface area contributed by atoms with Gasteiger partial charge in [-0.05, 0) is 27.2 Å². The largest absolute Gasteiger partial charge is 0.454 e. The van der Waals surface area contributed by atoms with Gasteiger partial charge in [-0.1, -0.05) is 33.4 Å². The third kappa shape index (κ3) is 5.70. The summed E-state index contributed by atoms with van der Waals surface area (Å²) in [4.78, 5) is 50.9. The lowest BCUT2D eigenvalue weighted by molar-refractivity contribution is -0.195. The van der Waals surface area contributed by atoms with Crippen molar-refractivity contribution in [3.05, 3.63) is 23.8 Å². The molecule has 1 aliphatic carbocycles. The number of esters is 3. The van der Waals surface area contributed by atoms with E-state index in [9.17, 15) is 29.4 Å². The molecule has 1 aliphatic heterocycles. The topological polar surface area (TPSA) is 136 Å². The van der Waals surface area contributed by atoms with Crippen molar-refractivity contribution in [2.75, 3.05) is 0 Å². The van der Waals surface area contributed by atoms with E-state index < -0.39 is 71.5 Å². The lowest BCUT2D eigenvalue weighted by Crippen LogP contribution is -2.57. The van der Waals surface area contributed by atoms with Crippen LogP contribution in [0.25, 0.3) is 0 Å². The number of carbonyl (C=O) groups is 4. The molecule has 0 aromatic carbocycles. The second-order valence-corrected chi connectivity index (χ2v) is 9.48. The van der Waals surface area contributed by atoms with Gasteiger partial charge in [-0.3, -0.25) is 9.59 Å². The highest BCUT2D eigenvalue weighted by molar-refractivity contribution is 5.95. The van der Waals surface area contributed by atoms with Gasteiger partial charge in [-0.25, -0.2) is 9.59 Å². The number of rotatable bonds is 4. The van der Waals surface area contributed by atoms with Crippen LogP contribution in [-0.4, -0.2) is 63.9 Å². The molecular weight excluding hydrogens is 432 g/mol. The van der Waals surface area contributed by atoms with E-state index in [4.69, 9.17) is 14.2 Å². The molecule has 2 N–H and O–H groups in total. The van der Waals surface area contributed by atoms with Crippen LogP contribution in [0.1, 0.15) is 54.4 Å².